The van der Waals surface area contributed by atoms with Gasteiger partial charge >= 0.3 is 0 Å². The fourth-order valence-corrected chi connectivity index (χ4v) is 1.93. The number of thioether (sulfide) groups is 1. The van der Waals surface area contributed by atoms with E-state index in [1.807, 2.05) is 29.3 Å². The number of aromatic nitrogens is 4. The SMILES string of the molecule is CSC(C)CCNc1nccn2c(C)nnc12. The maximum absolute atomic E-state index is 4.30. The Kier molecular flexibility index (Phi) is 3.83. The van der Waals surface area contributed by atoms with E-state index >= 15 is 0 Å². The smallest absolute Gasteiger partial charge is 0.203 e. The van der Waals surface area contributed by atoms with E-state index in [9.17, 15) is 0 Å². The van der Waals surface area contributed by atoms with E-state index in [2.05, 4.69) is 33.7 Å². The van der Waals surface area contributed by atoms with Crippen molar-refractivity contribution in [1.29, 1.82) is 0 Å². The van der Waals surface area contributed by atoms with Crippen LogP contribution < -0.4 is 5.32 Å². The third-order valence-corrected chi connectivity index (χ3v) is 3.78. The zero-order chi connectivity index (χ0) is 12.3. The average Bonchev–Trinajstić information content (AvgIpc) is 2.72. The van der Waals surface area contributed by atoms with Crippen LogP contribution in [0, 0.1) is 6.92 Å². The summed E-state index contributed by atoms with van der Waals surface area (Å²) < 4.78 is 1.94. The summed E-state index contributed by atoms with van der Waals surface area (Å²) in [7, 11) is 0. The molecule has 1 N–H and O–H groups in total. The first kappa shape index (κ1) is 12.2. The molecule has 0 aliphatic carbocycles. The predicted molar refractivity (Wildman–Crippen MR) is 71.6 cm³/mol. The molecule has 2 rings (SSSR count). The summed E-state index contributed by atoms with van der Waals surface area (Å²) >= 11 is 1.87. The lowest BCUT2D eigenvalue weighted by molar-refractivity contribution is 0.849. The van der Waals surface area contributed by atoms with Gasteiger partial charge < -0.3 is 5.32 Å². The molecule has 0 aliphatic heterocycles. The summed E-state index contributed by atoms with van der Waals surface area (Å²) in [6, 6.07) is 0. The Morgan fingerprint density at radius 2 is 2.29 bits per heavy atom. The Morgan fingerprint density at radius 3 is 3.06 bits per heavy atom. The number of fused-ring (bicyclic) bond motifs is 1. The monoisotopic (exact) mass is 251 g/mol. The number of nitrogens with zero attached hydrogens (tertiary/aromatic N) is 4. The molecule has 0 radical (unpaired) electrons. The maximum Gasteiger partial charge on any atom is 0.203 e. The molecule has 92 valence electrons. The number of anilines is 1. The van der Waals surface area contributed by atoms with E-state index in [1.54, 1.807) is 6.20 Å². The van der Waals surface area contributed by atoms with Gasteiger partial charge in [-0.15, -0.1) is 10.2 Å². The molecule has 0 aliphatic rings. The van der Waals surface area contributed by atoms with Gasteiger partial charge in [-0.3, -0.25) is 4.40 Å². The molecule has 0 spiro atoms. The molecule has 17 heavy (non-hydrogen) atoms. The Labute approximate surface area is 105 Å². The molecule has 0 saturated heterocycles. The average molecular weight is 251 g/mol. The van der Waals surface area contributed by atoms with Crippen LogP contribution in [0.4, 0.5) is 5.82 Å². The lowest BCUT2D eigenvalue weighted by Gasteiger charge is -2.09. The molecule has 0 bridgehead atoms. The van der Waals surface area contributed by atoms with Crippen LogP contribution in [-0.2, 0) is 0 Å². The van der Waals surface area contributed by atoms with Crippen molar-refractivity contribution in [3.05, 3.63) is 18.2 Å². The molecular formula is C11H17N5S. The Morgan fingerprint density at radius 1 is 1.47 bits per heavy atom. The predicted octanol–water partition coefficient (Wildman–Crippen LogP) is 1.99. The highest BCUT2D eigenvalue weighted by Crippen LogP contribution is 2.13. The fraction of sp³-hybridized carbons (Fsp3) is 0.545. The molecular weight excluding hydrogens is 234 g/mol. The fourth-order valence-electron chi connectivity index (χ4n) is 1.58. The first-order chi connectivity index (χ1) is 8.22. The third-order valence-electron chi connectivity index (χ3n) is 2.74. The van der Waals surface area contributed by atoms with Crippen LogP contribution in [-0.4, -0.2) is 37.6 Å². The summed E-state index contributed by atoms with van der Waals surface area (Å²) in [5.41, 5.74) is 0.793. The van der Waals surface area contributed by atoms with Crippen molar-refractivity contribution in [3.63, 3.8) is 0 Å². The maximum atomic E-state index is 4.30. The highest BCUT2D eigenvalue weighted by atomic mass is 32.2. The Bertz CT molecular complexity index is 496. The second kappa shape index (κ2) is 5.35. The quantitative estimate of drug-likeness (QED) is 0.880. The van der Waals surface area contributed by atoms with Gasteiger partial charge in [0.05, 0.1) is 0 Å². The highest BCUT2D eigenvalue weighted by Gasteiger charge is 2.07. The first-order valence-electron chi connectivity index (χ1n) is 5.65. The van der Waals surface area contributed by atoms with Gasteiger partial charge in [-0.05, 0) is 19.6 Å². The summed E-state index contributed by atoms with van der Waals surface area (Å²) in [6.45, 7) is 5.06. The minimum absolute atomic E-state index is 0.654. The van der Waals surface area contributed by atoms with Gasteiger partial charge in [0.25, 0.3) is 0 Å². The molecule has 0 fully saturated rings. The van der Waals surface area contributed by atoms with Crippen LogP contribution in [0.1, 0.15) is 19.2 Å². The summed E-state index contributed by atoms with van der Waals surface area (Å²) in [5, 5.41) is 12.1. The van der Waals surface area contributed by atoms with E-state index in [4.69, 9.17) is 0 Å². The molecule has 2 aromatic rings. The zero-order valence-electron chi connectivity index (χ0n) is 10.3. The van der Waals surface area contributed by atoms with Crippen LogP contribution in [0.5, 0.6) is 0 Å². The topological polar surface area (TPSA) is 55.1 Å². The van der Waals surface area contributed by atoms with Crippen molar-refractivity contribution >= 4 is 23.2 Å². The van der Waals surface area contributed by atoms with Crippen molar-refractivity contribution < 1.29 is 0 Å². The molecule has 1 atom stereocenters. The van der Waals surface area contributed by atoms with Crippen molar-refractivity contribution in [1.82, 2.24) is 19.6 Å². The molecule has 0 saturated carbocycles. The molecule has 1 unspecified atom stereocenters. The van der Waals surface area contributed by atoms with E-state index in [0.717, 1.165) is 30.3 Å². The standard InChI is InChI=1S/C11H17N5S/c1-8(17-3)4-5-12-10-11-15-14-9(2)16(11)7-6-13-10/h6-8H,4-5H2,1-3H3,(H,12,13). The van der Waals surface area contributed by atoms with Crippen LogP contribution in [0.25, 0.3) is 5.65 Å². The van der Waals surface area contributed by atoms with Gasteiger partial charge in [0, 0.05) is 24.2 Å². The summed E-state index contributed by atoms with van der Waals surface area (Å²) in [6.07, 6.45) is 6.88. The van der Waals surface area contributed by atoms with Crippen LogP contribution >= 0.6 is 11.8 Å². The third kappa shape index (κ3) is 2.69. The van der Waals surface area contributed by atoms with Crippen molar-refractivity contribution in [2.24, 2.45) is 0 Å². The lowest BCUT2D eigenvalue weighted by atomic mass is 10.3. The zero-order valence-corrected chi connectivity index (χ0v) is 11.2. The van der Waals surface area contributed by atoms with E-state index in [0.29, 0.717) is 5.25 Å². The van der Waals surface area contributed by atoms with E-state index < -0.39 is 0 Å². The van der Waals surface area contributed by atoms with Crippen molar-refractivity contribution in [3.8, 4) is 0 Å². The van der Waals surface area contributed by atoms with E-state index in [-0.39, 0.29) is 0 Å². The van der Waals surface area contributed by atoms with Crippen molar-refractivity contribution in [2.75, 3.05) is 18.1 Å². The van der Waals surface area contributed by atoms with Gasteiger partial charge in [-0.25, -0.2) is 4.98 Å². The Hall–Kier alpha value is -1.30. The molecule has 6 heteroatoms. The molecule has 2 heterocycles. The minimum atomic E-state index is 0.654. The molecule has 2 aromatic heterocycles. The first-order valence-corrected chi connectivity index (χ1v) is 6.94. The second-order valence-electron chi connectivity index (χ2n) is 3.98. The summed E-state index contributed by atoms with van der Waals surface area (Å²) in [4.78, 5) is 4.30. The number of hydrogen-bond donors (Lipinski definition) is 1. The van der Waals surface area contributed by atoms with Gasteiger partial charge in [0.2, 0.25) is 5.65 Å². The van der Waals surface area contributed by atoms with Gasteiger partial charge in [0.15, 0.2) is 5.82 Å². The van der Waals surface area contributed by atoms with Crippen LogP contribution in [0.3, 0.4) is 0 Å². The number of rotatable bonds is 5. The van der Waals surface area contributed by atoms with Gasteiger partial charge in [-0.1, -0.05) is 6.92 Å². The van der Waals surface area contributed by atoms with Crippen molar-refractivity contribution in [2.45, 2.75) is 25.5 Å². The lowest BCUT2D eigenvalue weighted by Crippen LogP contribution is -2.09. The van der Waals surface area contributed by atoms with Crippen LogP contribution in [0.15, 0.2) is 12.4 Å². The minimum Gasteiger partial charge on any atom is -0.367 e. The summed E-state index contributed by atoms with van der Waals surface area (Å²) in [5.74, 6) is 1.68. The Balaban J connectivity index is 2.08. The normalized spacial score (nSPS) is 12.9. The highest BCUT2D eigenvalue weighted by molar-refractivity contribution is 7.99. The second-order valence-corrected chi connectivity index (χ2v) is 5.25. The van der Waals surface area contributed by atoms with Gasteiger partial charge in [0.1, 0.15) is 5.82 Å². The largest absolute Gasteiger partial charge is 0.367 e. The van der Waals surface area contributed by atoms with Gasteiger partial charge in [-0.2, -0.15) is 11.8 Å². The van der Waals surface area contributed by atoms with E-state index in [1.165, 1.54) is 0 Å². The van der Waals surface area contributed by atoms with Crippen LogP contribution in [0.2, 0.25) is 0 Å². The number of hydrogen-bond acceptors (Lipinski definition) is 5. The molecule has 5 nitrogen and oxygen atoms in total. The number of nitrogens with one attached hydrogen (secondary N) is 1. The number of aryl methyl sites for hydroxylation is 1. The molecule has 0 aromatic carbocycles. The molecule has 0 amide bonds.